The van der Waals surface area contributed by atoms with E-state index >= 15 is 0 Å². The highest BCUT2D eigenvalue weighted by Crippen LogP contribution is 2.28. The second-order valence-electron chi connectivity index (χ2n) is 8.31. The van der Waals surface area contributed by atoms with Crippen molar-refractivity contribution in [2.24, 2.45) is 0 Å². The zero-order valence-electron chi connectivity index (χ0n) is 17.3. The molecule has 2 saturated heterocycles. The largest absolute Gasteiger partial charge is 0.330 e. The molecule has 0 spiro atoms. The van der Waals surface area contributed by atoms with Crippen LogP contribution in [0.15, 0.2) is 35.7 Å². The van der Waals surface area contributed by atoms with Crippen LogP contribution in [0, 0.1) is 0 Å². The Kier molecular flexibility index (Phi) is 5.97. The Morgan fingerprint density at radius 1 is 0.967 bits per heavy atom. The predicted molar refractivity (Wildman–Crippen MR) is 113 cm³/mol. The molecule has 3 aliphatic rings. The van der Waals surface area contributed by atoms with Gasteiger partial charge in [0.2, 0.25) is 10.0 Å². The molecule has 1 aliphatic carbocycles. The van der Waals surface area contributed by atoms with Crippen LogP contribution in [0.1, 0.15) is 36.8 Å². The minimum absolute atomic E-state index is 0.0951. The highest BCUT2D eigenvalue weighted by atomic mass is 32.2. The molecule has 2 fully saturated rings. The third kappa shape index (κ3) is 3.90. The first-order valence-corrected chi connectivity index (χ1v) is 12.2. The van der Waals surface area contributed by atoms with Crippen LogP contribution in [0.3, 0.4) is 0 Å². The summed E-state index contributed by atoms with van der Waals surface area (Å²) in [6, 6.07) is 5.44. The number of sulfonamides is 1. The van der Waals surface area contributed by atoms with Crippen LogP contribution in [0.25, 0.3) is 0 Å². The summed E-state index contributed by atoms with van der Waals surface area (Å²) in [4.78, 5) is 28.3. The molecule has 7 nitrogen and oxygen atoms in total. The van der Waals surface area contributed by atoms with Crippen molar-refractivity contribution >= 4 is 21.8 Å². The average Bonchev–Trinajstić information content (AvgIpc) is 2.77. The number of hydrogen-bond acceptors (Lipinski definition) is 4. The molecule has 1 aromatic rings. The lowest BCUT2D eigenvalue weighted by molar-refractivity contribution is -0.157. The molecule has 0 unspecified atom stereocenters. The molecule has 162 valence electrons. The van der Waals surface area contributed by atoms with Gasteiger partial charge < -0.3 is 9.80 Å². The number of hydrogen-bond donors (Lipinski definition) is 0. The smallest absolute Gasteiger partial charge is 0.312 e. The van der Waals surface area contributed by atoms with Crippen molar-refractivity contribution in [2.75, 3.05) is 32.7 Å². The van der Waals surface area contributed by atoms with Crippen molar-refractivity contribution < 1.29 is 18.0 Å². The van der Waals surface area contributed by atoms with Crippen molar-refractivity contribution in [3.8, 4) is 0 Å². The number of rotatable bonds is 5. The molecule has 0 atom stereocenters. The van der Waals surface area contributed by atoms with Crippen molar-refractivity contribution in [1.29, 1.82) is 0 Å². The number of nitrogens with zero attached hydrogens (tertiary/aromatic N) is 3. The van der Waals surface area contributed by atoms with Crippen LogP contribution in [0.4, 0.5) is 0 Å². The maximum absolute atomic E-state index is 13.2. The molecule has 0 N–H and O–H groups in total. The van der Waals surface area contributed by atoms with Gasteiger partial charge >= 0.3 is 11.8 Å². The minimum atomic E-state index is -3.55. The normalized spacial score (nSPS) is 21.6. The minimum Gasteiger partial charge on any atom is -0.330 e. The quantitative estimate of drug-likeness (QED) is 0.524. The topological polar surface area (TPSA) is 78.0 Å². The maximum Gasteiger partial charge on any atom is 0.312 e. The lowest BCUT2D eigenvalue weighted by atomic mass is 9.92. The Bertz CT molecular complexity index is 951. The van der Waals surface area contributed by atoms with Gasteiger partial charge in [0.25, 0.3) is 0 Å². The molecule has 8 heteroatoms. The van der Waals surface area contributed by atoms with E-state index in [0.717, 1.165) is 31.2 Å². The van der Waals surface area contributed by atoms with Crippen molar-refractivity contribution in [2.45, 2.75) is 49.5 Å². The van der Waals surface area contributed by atoms with E-state index in [4.69, 9.17) is 0 Å². The molecule has 0 bridgehead atoms. The molecule has 4 rings (SSSR count). The Morgan fingerprint density at radius 2 is 1.67 bits per heavy atom. The van der Waals surface area contributed by atoms with Gasteiger partial charge in [-0.1, -0.05) is 12.1 Å². The lowest BCUT2D eigenvalue weighted by Crippen LogP contribution is -2.59. The second-order valence-corrected chi connectivity index (χ2v) is 10.2. The zero-order valence-corrected chi connectivity index (χ0v) is 18.1. The monoisotopic (exact) mass is 431 g/mol. The maximum atomic E-state index is 13.2. The summed E-state index contributed by atoms with van der Waals surface area (Å²) < 4.78 is 27.8. The molecule has 2 heterocycles. The highest BCUT2D eigenvalue weighted by Gasteiger charge is 2.39. The van der Waals surface area contributed by atoms with Gasteiger partial charge in [0.1, 0.15) is 0 Å². The van der Waals surface area contributed by atoms with Crippen LogP contribution < -0.4 is 0 Å². The summed E-state index contributed by atoms with van der Waals surface area (Å²) in [5, 5.41) is 0. The van der Waals surface area contributed by atoms with Crippen LogP contribution >= 0.6 is 0 Å². The fourth-order valence-electron chi connectivity index (χ4n) is 4.78. The number of carbonyl (C=O) groups excluding carboxylic acids is 2. The van der Waals surface area contributed by atoms with Gasteiger partial charge in [-0.25, -0.2) is 8.42 Å². The van der Waals surface area contributed by atoms with Crippen LogP contribution in [-0.2, 0) is 32.5 Å². The van der Waals surface area contributed by atoms with Gasteiger partial charge in [0.15, 0.2) is 0 Å². The van der Waals surface area contributed by atoms with Crippen LogP contribution in [-0.4, -0.2) is 73.1 Å². The van der Waals surface area contributed by atoms with E-state index in [0.29, 0.717) is 50.5 Å². The predicted octanol–water partition coefficient (Wildman–Crippen LogP) is 1.58. The summed E-state index contributed by atoms with van der Waals surface area (Å²) in [6.07, 6.45) is 6.94. The van der Waals surface area contributed by atoms with E-state index in [1.807, 2.05) is 12.1 Å². The molecule has 2 amide bonds. The first-order chi connectivity index (χ1) is 14.4. The van der Waals surface area contributed by atoms with Crippen molar-refractivity contribution in [3.05, 3.63) is 42.0 Å². The molecule has 2 aliphatic heterocycles. The fourth-order valence-corrected chi connectivity index (χ4v) is 6.30. The van der Waals surface area contributed by atoms with E-state index in [1.165, 1.54) is 14.8 Å². The van der Waals surface area contributed by atoms with E-state index < -0.39 is 21.8 Å². The van der Waals surface area contributed by atoms with Gasteiger partial charge in [0.05, 0.1) is 4.90 Å². The number of piperazine rings is 1. The van der Waals surface area contributed by atoms with Gasteiger partial charge in [0, 0.05) is 38.8 Å². The van der Waals surface area contributed by atoms with Gasteiger partial charge in [-0.3, -0.25) is 9.59 Å². The molecule has 0 radical (unpaired) electrons. The Balaban J connectivity index is 1.41. The van der Waals surface area contributed by atoms with Gasteiger partial charge in [-0.2, -0.15) is 4.31 Å². The van der Waals surface area contributed by atoms with Gasteiger partial charge in [-0.15, -0.1) is 6.58 Å². The molecular weight excluding hydrogens is 402 g/mol. The number of carbonyl (C=O) groups is 2. The highest BCUT2D eigenvalue weighted by molar-refractivity contribution is 7.89. The van der Waals surface area contributed by atoms with E-state index in [-0.39, 0.29) is 6.04 Å². The van der Waals surface area contributed by atoms with E-state index in [2.05, 4.69) is 6.58 Å². The number of fused-ring (bicyclic) bond motifs is 1. The Hall–Kier alpha value is -2.19. The molecule has 1 aromatic carbocycles. The summed E-state index contributed by atoms with van der Waals surface area (Å²) >= 11 is 0. The molecule has 30 heavy (non-hydrogen) atoms. The SMILES string of the molecule is C=CCN1CCN(C2CCN(S(=O)(=O)c3ccc4c(c3)CCCC4)CC2)C(=O)C1=O. The van der Waals surface area contributed by atoms with Crippen LogP contribution in [0.2, 0.25) is 0 Å². The number of aryl methyl sites for hydroxylation is 2. The Morgan fingerprint density at radius 3 is 2.37 bits per heavy atom. The van der Waals surface area contributed by atoms with Crippen LogP contribution in [0.5, 0.6) is 0 Å². The standard InChI is InChI=1S/C22H29N3O4S/c1-2-11-23-14-15-25(22(27)21(23)26)19-9-12-24(13-10-19)30(28,29)20-8-7-17-5-3-4-6-18(17)16-20/h2,7-8,16,19H,1,3-6,9-15H2. The van der Waals surface area contributed by atoms with E-state index in [1.54, 1.807) is 17.0 Å². The first kappa shape index (κ1) is 21.1. The second kappa shape index (κ2) is 8.51. The summed E-state index contributed by atoms with van der Waals surface area (Å²) in [6.45, 7) is 5.69. The van der Waals surface area contributed by atoms with Crippen molar-refractivity contribution in [1.82, 2.24) is 14.1 Å². The van der Waals surface area contributed by atoms with Gasteiger partial charge in [-0.05, 0) is 61.8 Å². The average molecular weight is 432 g/mol. The third-order valence-electron chi connectivity index (χ3n) is 6.51. The first-order valence-electron chi connectivity index (χ1n) is 10.7. The Labute approximate surface area is 178 Å². The lowest BCUT2D eigenvalue weighted by Gasteiger charge is -2.41. The van der Waals surface area contributed by atoms with Crippen molar-refractivity contribution in [3.63, 3.8) is 0 Å². The fraction of sp³-hybridized carbons (Fsp3) is 0.545. The molecule has 0 aromatic heterocycles. The third-order valence-corrected chi connectivity index (χ3v) is 8.41. The number of amides is 2. The molecule has 0 saturated carbocycles. The van der Waals surface area contributed by atoms with E-state index in [9.17, 15) is 18.0 Å². The summed E-state index contributed by atoms with van der Waals surface area (Å²) in [5.74, 6) is -0.982. The number of benzene rings is 1. The summed E-state index contributed by atoms with van der Waals surface area (Å²) in [7, 11) is -3.55. The number of piperidine rings is 1. The molecular formula is C22H29N3O4S. The zero-order chi connectivity index (χ0) is 21.3. The summed E-state index contributed by atoms with van der Waals surface area (Å²) in [5.41, 5.74) is 2.41.